The van der Waals surface area contributed by atoms with Crippen molar-refractivity contribution in [1.82, 2.24) is 5.32 Å². The Balaban J connectivity index is 2.59. The quantitative estimate of drug-likeness (QED) is 0.773. The molecule has 0 saturated heterocycles. The second-order valence-electron chi connectivity index (χ2n) is 5.21. The minimum absolute atomic E-state index is 0.0116. The molecule has 0 bridgehead atoms. The lowest BCUT2D eigenvalue weighted by atomic mass is 10.1. The van der Waals surface area contributed by atoms with Gasteiger partial charge >= 0.3 is 12.1 Å². The van der Waals surface area contributed by atoms with Crippen LogP contribution in [0.4, 0.5) is 4.79 Å². The first-order chi connectivity index (χ1) is 7.21. The maximum Gasteiger partial charge on any atom is 0.408 e. The van der Waals surface area contributed by atoms with Gasteiger partial charge in [-0.2, -0.15) is 0 Å². The molecule has 0 aromatic rings. The molecule has 2 N–H and O–H groups in total. The fourth-order valence-corrected chi connectivity index (χ4v) is 1.78. The van der Waals surface area contributed by atoms with E-state index in [-0.39, 0.29) is 5.92 Å². The predicted molar refractivity (Wildman–Crippen MR) is 58.1 cm³/mol. The molecule has 1 aliphatic rings. The fourth-order valence-electron chi connectivity index (χ4n) is 1.78. The number of carbonyl (C=O) groups is 2. The van der Waals surface area contributed by atoms with Crippen LogP contribution in [0.15, 0.2) is 0 Å². The van der Waals surface area contributed by atoms with Gasteiger partial charge in [0.05, 0.1) is 0 Å². The number of alkyl carbamates (subject to hydrolysis) is 1. The third kappa shape index (κ3) is 2.65. The van der Waals surface area contributed by atoms with Crippen molar-refractivity contribution in [2.75, 3.05) is 0 Å². The summed E-state index contributed by atoms with van der Waals surface area (Å²) in [5.74, 6) is -0.970. The summed E-state index contributed by atoms with van der Waals surface area (Å²) < 4.78 is 5.04. The second kappa shape index (κ2) is 3.96. The van der Waals surface area contributed by atoms with Gasteiger partial charge in [-0.1, -0.05) is 13.3 Å². The first kappa shape index (κ1) is 12.8. The normalized spacial score (nSPS) is 28.4. The van der Waals surface area contributed by atoms with Gasteiger partial charge in [0.1, 0.15) is 11.1 Å². The van der Waals surface area contributed by atoms with Crippen molar-refractivity contribution in [2.45, 2.75) is 51.7 Å². The molecule has 5 nitrogen and oxygen atoms in total. The smallest absolute Gasteiger partial charge is 0.408 e. The molecule has 16 heavy (non-hydrogen) atoms. The number of hydrogen-bond acceptors (Lipinski definition) is 3. The minimum atomic E-state index is -1.10. The molecule has 92 valence electrons. The Labute approximate surface area is 95.2 Å². The Morgan fingerprint density at radius 2 is 2.06 bits per heavy atom. The fraction of sp³-hybridized carbons (Fsp3) is 0.818. The third-order valence-electron chi connectivity index (χ3n) is 2.70. The Morgan fingerprint density at radius 3 is 2.38 bits per heavy atom. The second-order valence-corrected chi connectivity index (χ2v) is 5.21. The van der Waals surface area contributed by atoms with E-state index < -0.39 is 23.2 Å². The van der Waals surface area contributed by atoms with Crippen LogP contribution in [-0.4, -0.2) is 28.3 Å². The lowest BCUT2D eigenvalue weighted by Gasteiger charge is -2.22. The molecule has 1 rings (SSSR count). The summed E-state index contributed by atoms with van der Waals surface area (Å²) in [7, 11) is 0. The van der Waals surface area contributed by atoms with E-state index in [1.165, 1.54) is 0 Å². The molecule has 1 fully saturated rings. The van der Waals surface area contributed by atoms with Crippen LogP contribution in [0.1, 0.15) is 40.5 Å². The van der Waals surface area contributed by atoms with E-state index in [9.17, 15) is 9.59 Å². The number of carboxylic acid groups (broad SMARTS) is 1. The molecular formula is C11H19NO4. The Bertz CT molecular complexity index is 308. The van der Waals surface area contributed by atoms with Gasteiger partial charge in [-0.05, 0) is 33.1 Å². The lowest BCUT2D eigenvalue weighted by Crippen LogP contribution is -2.46. The van der Waals surface area contributed by atoms with Crippen LogP contribution >= 0.6 is 0 Å². The number of rotatable bonds is 3. The maximum absolute atomic E-state index is 11.5. The van der Waals surface area contributed by atoms with E-state index >= 15 is 0 Å². The average Bonchev–Trinajstić information content (AvgIpc) is 2.76. The molecule has 0 aromatic heterocycles. The van der Waals surface area contributed by atoms with E-state index in [1.807, 2.05) is 6.92 Å². The van der Waals surface area contributed by atoms with Crippen LogP contribution in [-0.2, 0) is 9.53 Å². The maximum atomic E-state index is 11.5. The van der Waals surface area contributed by atoms with Gasteiger partial charge in [0.2, 0.25) is 0 Å². The molecule has 1 unspecified atom stereocenters. The third-order valence-corrected chi connectivity index (χ3v) is 2.70. The highest BCUT2D eigenvalue weighted by atomic mass is 16.6. The number of amides is 1. The Hall–Kier alpha value is -1.26. The Morgan fingerprint density at radius 1 is 1.50 bits per heavy atom. The first-order valence-electron chi connectivity index (χ1n) is 5.46. The van der Waals surface area contributed by atoms with Crippen molar-refractivity contribution >= 4 is 12.1 Å². The van der Waals surface area contributed by atoms with Gasteiger partial charge in [-0.25, -0.2) is 9.59 Å². The van der Waals surface area contributed by atoms with Crippen LogP contribution in [0.5, 0.6) is 0 Å². The highest BCUT2D eigenvalue weighted by Gasteiger charge is 2.61. The molecule has 0 aliphatic heterocycles. The number of ether oxygens (including phenoxy) is 1. The monoisotopic (exact) mass is 229 g/mol. The van der Waals surface area contributed by atoms with Crippen LogP contribution in [0, 0.1) is 5.92 Å². The summed E-state index contributed by atoms with van der Waals surface area (Å²) in [5, 5.41) is 11.5. The number of carbonyl (C=O) groups excluding carboxylic acids is 1. The molecule has 1 aliphatic carbocycles. The summed E-state index contributed by atoms with van der Waals surface area (Å²) in [5.41, 5.74) is -1.71. The molecule has 0 spiro atoms. The van der Waals surface area contributed by atoms with Gasteiger partial charge in [0.25, 0.3) is 0 Å². The minimum Gasteiger partial charge on any atom is -0.479 e. The van der Waals surface area contributed by atoms with E-state index in [0.29, 0.717) is 6.42 Å². The highest BCUT2D eigenvalue weighted by molar-refractivity contribution is 5.88. The molecule has 0 heterocycles. The van der Waals surface area contributed by atoms with Crippen molar-refractivity contribution in [2.24, 2.45) is 5.92 Å². The molecule has 0 aromatic carbocycles. The molecule has 2 atom stereocenters. The molecule has 5 heteroatoms. The molecule has 1 amide bonds. The van der Waals surface area contributed by atoms with Crippen molar-refractivity contribution in [3.63, 3.8) is 0 Å². The largest absolute Gasteiger partial charge is 0.479 e. The number of aliphatic carboxylic acids is 1. The van der Waals surface area contributed by atoms with Crippen LogP contribution < -0.4 is 5.32 Å². The van der Waals surface area contributed by atoms with Crippen LogP contribution in [0.2, 0.25) is 0 Å². The van der Waals surface area contributed by atoms with Gasteiger partial charge in [0.15, 0.2) is 0 Å². The number of nitrogens with one attached hydrogen (secondary N) is 1. The summed E-state index contributed by atoms with van der Waals surface area (Å²) in [6.45, 7) is 7.13. The standard InChI is InChI=1S/C11H19NO4/c1-5-7-6-11(7,8(13)14)12-9(15)16-10(2,3)4/h7H,5-6H2,1-4H3,(H,12,15)(H,13,14)/t7?,11-/m0/s1. The van der Waals surface area contributed by atoms with Crippen molar-refractivity contribution in [1.29, 1.82) is 0 Å². The number of carboxylic acids is 1. The van der Waals surface area contributed by atoms with Gasteiger partial charge in [-0.3, -0.25) is 0 Å². The summed E-state index contributed by atoms with van der Waals surface area (Å²) in [6.07, 6.45) is 0.561. The average molecular weight is 229 g/mol. The molecular weight excluding hydrogens is 210 g/mol. The predicted octanol–water partition coefficient (Wildman–Crippen LogP) is 1.76. The van der Waals surface area contributed by atoms with E-state index in [1.54, 1.807) is 20.8 Å². The summed E-state index contributed by atoms with van der Waals surface area (Å²) >= 11 is 0. The van der Waals surface area contributed by atoms with Gasteiger partial charge in [-0.15, -0.1) is 0 Å². The lowest BCUT2D eigenvalue weighted by molar-refractivity contribution is -0.141. The van der Waals surface area contributed by atoms with Crippen molar-refractivity contribution in [3.05, 3.63) is 0 Å². The van der Waals surface area contributed by atoms with E-state index in [2.05, 4.69) is 5.32 Å². The zero-order valence-electron chi connectivity index (χ0n) is 10.2. The van der Waals surface area contributed by atoms with Gasteiger partial charge in [0, 0.05) is 0 Å². The van der Waals surface area contributed by atoms with Crippen molar-refractivity contribution < 1.29 is 19.4 Å². The molecule has 0 radical (unpaired) electrons. The number of hydrogen-bond donors (Lipinski definition) is 2. The van der Waals surface area contributed by atoms with E-state index in [0.717, 1.165) is 6.42 Å². The SMILES string of the molecule is CCC1C[C@@]1(NC(=O)OC(C)(C)C)C(=O)O. The van der Waals surface area contributed by atoms with Crippen LogP contribution in [0.3, 0.4) is 0 Å². The Kier molecular flexibility index (Phi) is 3.17. The van der Waals surface area contributed by atoms with Crippen molar-refractivity contribution in [3.8, 4) is 0 Å². The highest BCUT2D eigenvalue weighted by Crippen LogP contribution is 2.46. The van der Waals surface area contributed by atoms with Gasteiger partial charge < -0.3 is 15.2 Å². The summed E-state index contributed by atoms with van der Waals surface area (Å²) in [4.78, 5) is 22.6. The van der Waals surface area contributed by atoms with Crippen LogP contribution in [0.25, 0.3) is 0 Å². The zero-order chi connectivity index (χ0) is 12.6. The topological polar surface area (TPSA) is 75.6 Å². The first-order valence-corrected chi connectivity index (χ1v) is 5.46. The summed E-state index contributed by atoms with van der Waals surface area (Å²) in [6, 6.07) is 0. The zero-order valence-corrected chi connectivity index (χ0v) is 10.2. The van der Waals surface area contributed by atoms with E-state index in [4.69, 9.17) is 9.84 Å². The molecule has 1 saturated carbocycles.